The number of carbonyl (C=O) groups is 1. The maximum Gasteiger partial charge on any atom is 0.224 e. The number of hydrogen-bond acceptors (Lipinski definition) is 4. The van der Waals surface area contributed by atoms with Gasteiger partial charge in [-0.2, -0.15) is 0 Å². The average Bonchev–Trinajstić information content (AvgIpc) is 2.79. The molecule has 0 radical (unpaired) electrons. The summed E-state index contributed by atoms with van der Waals surface area (Å²) < 4.78 is 5.49. The van der Waals surface area contributed by atoms with Gasteiger partial charge in [0, 0.05) is 38.3 Å². The molecule has 1 N–H and O–H groups in total. The van der Waals surface area contributed by atoms with Crippen LogP contribution >= 0.6 is 12.4 Å². The van der Waals surface area contributed by atoms with Crippen molar-refractivity contribution in [3.63, 3.8) is 0 Å². The van der Waals surface area contributed by atoms with E-state index >= 15 is 0 Å². The van der Waals surface area contributed by atoms with Crippen molar-refractivity contribution >= 4 is 29.7 Å². The lowest BCUT2D eigenvalue weighted by Crippen LogP contribution is -2.46. The fourth-order valence-electron chi connectivity index (χ4n) is 3.92. The third kappa shape index (κ3) is 7.15. The number of halogens is 1. The molecule has 31 heavy (non-hydrogen) atoms. The number of carbonyl (C=O) groups excluding carboxylic acids is 1. The lowest BCUT2D eigenvalue weighted by molar-refractivity contribution is -0.116. The van der Waals surface area contributed by atoms with Crippen LogP contribution in [0, 0.1) is 0 Å². The van der Waals surface area contributed by atoms with Gasteiger partial charge in [0.25, 0.3) is 0 Å². The lowest BCUT2D eigenvalue weighted by atomic mass is 9.99. The van der Waals surface area contributed by atoms with Crippen LogP contribution in [0.1, 0.15) is 44.6 Å². The minimum absolute atomic E-state index is 0. The summed E-state index contributed by atoms with van der Waals surface area (Å²) in [4.78, 5) is 17.1. The minimum Gasteiger partial charge on any atom is -0.495 e. The van der Waals surface area contributed by atoms with E-state index in [0.29, 0.717) is 12.3 Å². The van der Waals surface area contributed by atoms with Crippen molar-refractivity contribution in [1.82, 2.24) is 4.90 Å². The average molecular weight is 446 g/mol. The topological polar surface area (TPSA) is 44.8 Å². The van der Waals surface area contributed by atoms with Crippen molar-refractivity contribution in [3.8, 4) is 5.75 Å². The summed E-state index contributed by atoms with van der Waals surface area (Å²) in [6.45, 7) is 9.36. The molecule has 0 bridgehead atoms. The first-order valence-electron chi connectivity index (χ1n) is 11.1. The molecule has 1 amide bonds. The standard InChI is InChI=1S/C25H35N3O2.ClH/c1-4-20(2)21-11-13-22(14-12-21)26-25(29)10-7-15-27-16-18-28(19-17-27)23-8-5-6-9-24(23)30-3;/h5-6,8-9,11-14,20H,4,7,10,15-19H2,1-3H3,(H,26,29);1H. The van der Waals surface area contributed by atoms with Crippen molar-refractivity contribution in [1.29, 1.82) is 0 Å². The van der Waals surface area contributed by atoms with E-state index in [1.165, 1.54) is 11.3 Å². The first kappa shape index (κ1) is 25.0. The highest BCUT2D eigenvalue weighted by Crippen LogP contribution is 2.28. The van der Waals surface area contributed by atoms with Gasteiger partial charge in [-0.25, -0.2) is 0 Å². The lowest BCUT2D eigenvalue weighted by Gasteiger charge is -2.36. The first-order valence-corrected chi connectivity index (χ1v) is 11.1. The van der Waals surface area contributed by atoms with Crippen LogP contribution in [-0.4, -0.2) is 50.6 Å². The maximum atomic E-state index is 12.3. The van der Waals surface area contributed by atoms with E-state index in [4.69, 9.17) is 4.74 Å². The highest BCUT2D eigenvalue weighted by molar-refractivity contribution is 5.90. The van der Waals surface area contributed by atoms with Gasteiger partial charge in [-0.15, -0.1) is 12.4 Å². The molecular formula is C25H36ClN3O2. The summed E-state index contributed by atoms with van der Waals surface area (Å²) in [6, 6.07) is 16.4. The molecule has 0 aromatic heterocycles. The minimum atomic E-state index is 0. The number of methoxy groups -OCH3 is 1. The zero-order chi connectivity index (χ0) is 21.3. The molecule has 5 nitrogen and oxygen atoms in total. The molecule has 2 aromatic rings. The predicted molar refractivity (Wildman–Crippen MR) is 132 cm³/mol. The highest BCUT2D eigenvalue weighted by Gasteiger charge is 2.19. The Bertz CT molecular complexity index is 805. The summed E-state index contributed by atoms with van der Waals surface area (Å²) in [7, 11) is 1.72. The van der Waals surface area contributed by atoms with Crippen molar-refractivity contribution in [2.45, 2.75) is 39.0 Å². The fourth-order valence-corrected chi connectivity index (χ4v) is 3.92. The van der Waals surface area contributed by atoms with Crippen LogP contribution in [0.4, 0.5) is 11.4 Å². The van der Waals surface area contributed by atoms with Crippen LogP contribution in [0.15, 0.2) is 48.5 Å². The third-order valence-electron chi connectivity index (χ3n) is 6.05. The Morgan fingerprint density at radius 2 is 1.74 bits per heavy atom. The molecule has 1 fully saturated rings. The van der Waals surface area contributed by atoms with Crippen molar-refractivity contribution in [3.05, 3.63) is 54.1 Å². The van der Waals surface area contributed by atoms with Crippen LogP contribution in [0.25, 0.3) is 0 Å². The van der Waals surface area contributed by atoms with Crippen molar-refractivity contribution < 1.29 is 9.53 Å². The van der Waals surface area contributed by atoms with Gasteiger partial charge in [-0.3, -0.25) is 9.69 Å². The Morgan fingerprint density at radius 3 is 2.39 bits per heavy atom. The van der Waals surface area contributed by atoms with E-state index < -0.39 is 0 Å². The van der Waals surface area contributed by atoms with Crippen LogP contribution < -0.4 is 15.0 Å². The van der Waals surface area contributed by atoms with Crippen LogP contribution in [0.2, 0.25) is 0 Å². The van der Waals surface area contributed by atoms with Gasteiger partial charge >= 0.3 is 0 Å². The molecule has 1 saturated heterocycles. The molecule has 1 aliphatic heterocycles. The number of para-hydroxylation sites is 2. The number of ether oxygens (including phenoxy) is 1. The number of anilines is 2. The summed E-state index contributed by atoms with van der Waals surface area (Å²) in [5.41, 5.74) is 3.37. The van der Waals surface area contributed by atoms with Gasteiger partial charge in [0.2, 0.25) is 5.91 Å². The Hall–Kier alpha value is -2.24. The van der Waals surface area contributed by atoms with Gasteiger partial charge < -0.3 is 15.0 Å². The number of hydrogen-bond donors (Lipinski definition) is 1. The Balaban J connectivity index is 0.00000341. The molecule has 0 spiro atoms. The van der Waals surface area contributed by atoms with E-state index in [1.807, 2.05) is 24.3 Å². The second-order valence-corrected chi connectivity index (χ2v) is 8.08. The van der Waals surface area contributed by atoms with Crippen LogP contribution in [0.5, 0.6) is 5.75 Å². The van der Waals surface area contributed by atoms with Gasteiger partial charge in [-0.1, -0.05) is 38.1 Å². The summed E-state index contributed by atoms with van der Waals surface area (Å²) in [5.74, 6) is 1.58. The highest BCUT2D eigenvalue weighted by atomic mass is 35.5. The van der Waals surface area contributed by atoms with Crippen LogP contribution in [0.3, 0.4) is 0 Å². The van der Waals surface area contributed by atoms with E-state index in [2.05, 4.69) is 53.2 Å². The summed E-state index contributed by atoms with van der Waals surface area (Å²) in [5, 5.41) is 3.03. The van der Waals surface area contributed by atoms with Crippen molar-refractivity contribution in [2.75, 3.05) is 50.1 Å². The predicted octanol–water partition coefficient (Wildman–Crippen LogP) is 5.17. The monoisotopic (exact) mass is 445 g/mol. The molecule has 1 aliphatic rings. The van der Waals surface area contributed by atoms with Gasteiger partial charge in [0.15, 0.2) is 0 Å². The SMILES string of the molecule is CCC(C)c1ccc(NC(=O)CCCN2CCN(c3ccccc3OC)CC2)cc1.Cl. The fraction of sp³-hybridized carbons (Fsp3) is 0.480. The molecule has 1 atom stereocenters. The molecule has 1 heterocycles. The number of amides is 1. The normalized spacial score (nSPS) is 15.1. The number of piperazine rings is 1. The molecule has 3 rings (SSSR count). The van der Waals surface area contributed by atoms with Crippen molar-refractivity contribution in [2.24, 2.45) is 0 Å². The molecule has 170 valence electrons. The third-order valence-corrected chi connectivity index (χ3v) is 6.05. The summed E-state index contributed by atoms with van der Waals surface area (Å²) in [6.07, 6.45) is 2.56. The first-order chi connectivity index (χ1) is 14.6. The Kier molecular flexibility index (Phi) is 10.2. The smallest absolute Gasteiger partial charge is 0.224 e. The number of benzene rings is 2. The molecular weight excluding hydrogens is 410 g/mol. The molecule has 0 saturated carbocycles. The Labute approximate surface area is 193 Å². The zero-order valence-electron chi connectivity index (χ0n) is 19.0. The van der Waals surface area contributed by atoms with Gasteiger partial charge in [0.1, 0.15) is 5.75 Å². The Morgan fingerprint density at radius 1 is 1.06 bits per heavy atom. The molecule has 2 aromatic carbocycles. The second kappa shape index (κ2) is 12.6. The maximum absolute atomic E-state index is 12.3. The van der Waals surface area contributed by atoms with Gasteiger partial charge in [0.05, 0.1) is 12.8 Å². The van der Waals surface area contributed by atoms with Gasteiger partial charge in [-0.05, 0) is 55.1 Å². The molecule has 6 heteroatoms. The quantitative estimate of drug-likeness (QED) is 0.578. The molecule has 1 unspecified atom stereocenters. The van der Waals surface area contributed by atoms with E-state index in [0.717, 1.165) is 57.0 Å². The number of nitrogens with zero attached hydrogens (tertiary/aromatic N) is 2. The second-order valence-electron chi connectivity index (χ2n) is 8.08. The van der Waals surface area contributed by atoms with E-state index in [-0.39, 0.29) is 18.3 Å². The van der Waals surface area contributed by atoms with E-state index in [9.17, 15) is 4.79 Å². The summed E-state index contributed by atoms with van der Waals surface area (Å²) >= 11 is 0. The number of rotatable bonds is 9. The largest absolute Gasteiger partial charge is 0.495 e. The van der Waals surface area contributed by atoms with E-state index in [1.54, 1.807) is 7.11 Å². The van der Waals surface area contributed by atoms with Crippen LogP contribution in [-0.2, 0) is 4.79 Å². The zero-order valence-corrected chi connectivity index (χ0v) is 19.8. The number of nitrogens with one attached hydrogen (secondary N) is 1. The molecule has 0 aliphatic carbocycles.